The number of aldehydes is 1. The van der Waals surface area contributed by atoms with Gasteiger partial charge in [0.25, 0.3) is 0 Å². The lowest BCUT2D eigenvalue weighted by molar-refractivity contribution is 0.112. The fourth-order valence-corrected chi connectivity index (χ4v) is 9.58. The SMILES string of the molecule is C/C=C/B(O)O.CC1C=Cc2cc(Br)c(F)cc2O1.CC1CCc2cc(Br)c(F)cc2O1.CC1CCc2cc(O)c(F)cc2O1.Cc1c(O)c(F)cc2c1CCC(C)O2.O=Cc1cc(Br)c(F)cc1O.c1ccc(CNCc2ccccc2)cc1. The smallest absolute Gasteiger partial charge is 0.480 e. The van der Waals surface area contributed by atoms with Crippen LogP contribution in [0.2, 0.25) is 0 Å². The molecule has 4 aliphatic heterocycles. The maximum atomic E-state index is 13.2. The number of benzene rings is 7. The van der Waals surface area contributed by atoms with E-state index in [0.717, 1.165) is 79.9 Å². The first kappa shape index (κ1) is 69.1. The van der Waals surface area contributed by atoms with Crippen LogP contribution >= 0.6 is 47.8 Å². The van der Waals surface area contributed by atoms with Gasteiger partial charge in [-0.3, -0.25) is 4.79 Å². The summed E-state index contributed by atoms with van der Waals surface area (Å²) < 4.78 is 87.8. The van der Waals surface area contributed by atoms with Crippen LogP contribution in [0.4, 0.5) is 22.0 Å². The molecule has 0 fully saturated rings. The summed E-state index contributed by atoms with van der Waals surface area (Å²) in [4.78, 5) is 10.2. The summed E-state index contributed by atoms with van der Waals surface area (Å²) in [5, 5.41) is 46.9. The van der Waals surface area contributed by atoms with Crippen molar-refractivity contribution in [3.63, 3.8) is 0 Å². The molecule has 0 bridgehead atoms. The molecule has 0 aliphatic carbocycles. The van der Waals surface area contributed by atoms with Gasteiger partial charge < -0.3 is 49.6 Å². The third kappa shape index (κ3) is 22.3. The second-order valence-electron chi connectivity index (χ2n) is 19.9. The van der Waals surface area contributed by atoms with Gasteiger partial charge in [0.15, 0.2) is 29.4 Å². The highest BCUT2D eigenvalue weighted by atomic mass is 79.9. The van der Waals surface area contributed by atoms with E-state index >= 15 is 0 Å². The quantitative estimate of drug-likeness (QED) is 0.0533. The van der Waals surface area contributed by atoms with Crippen molar-refractivity contribution in [2.75, 3.05) is 0 Å². The second-order valence-corrected chi connectivity index (χ2v) is 22.5. The van der Waals surface area contributed by atoms with E-state index in [-0.39, 0.29) is 63.3 Å². The van der Waals surface area contributed by atoms with Crippen molar-refractivity contribution in [1.29, 1.82) is 0 Å². The van der Waals surface area contributed by atoms with Crippen molar-refractivity contribution in [2.45, 2.75) is 118 Å². The van der Waals surface area contributed by atoms with Crippen LogP contribution in [0.15, 0.2) is 147 Å². The number of hydrogen-bond donors (Lipinski definition) is 6. The molecule has 4 unspecified atom stereocenters. The molecule has 7 aromatic carbocycles. The fourth-order valence-electron chi connectivity index (χ4n) is 8.47. The molecule has 0 spiro atoms. The number of allylic oxidation sites excluding steroid dienone is 1. The minimum absolute atomic E-state index is 0.0214. The Labute approximate surface area is 518 Å². The number of ether oxygens (including phenoxy) is 4. The molecular formula is C65H68BBr3F5NO10. The van der Waals surface area contributed by atoms with Crippen LogP contribution in [-0.4, -0.2) is 63.2 Å². The molecule has 0 radical (unpaired) electrons. The highest BCUT2D eigenvalue weighted by Crippen LogP contribution is 2.38. The third-order valence-corrected chi connectivity index (χ3v) is 14.9. The van der Waals surface area contributed by atoms with Gasteiger partial charge in [-0.25, -0.2) is 22.0 Å². The number of phenols is 3. The Morgan fingerprint density at radius 1 is 0.576 bits per heavy atom. The number of aromatic hydroxyl groups is 3. The van der Waals surface area contributed by atoms with E-state index in [0.29, 0.717) is 43.8 Å². The Hall–Kier alpha value is -6.68. The molecule has 0 aromatic heterocycles. The number of carbonyl (C=O) groups excluding carboxylic acids is 1. The largest absolute Gasteiger partial charge is 0.507 e. The first-order valence-electron chi connectivity index (χ1n) is 27.2. The van der Waals surface area contributed by atoms with E-state index in [1.54, 1.807) is 32.1 Å². The topological polar surface area (TPSA) is 167 Å². The Balaban J connectivity index is 0.000000183. The van der Waals surface area contributed by atoms with Gasteiger partial charge in [0.1, 0.15) is 52.3 Å². The standard InChI is InChI=1S/C14H15N.C11H13FO2.C10H10BrFO.C10H8BrFO.C10H11FO2.C7H4BrFO2.C3H7BO2/c1-3-7-13(8-4-1)11-15-12-14-9-5-2-6-10-14;1-6-3-4-8-7(2)11(13)9(12)5-10(8)14-6;2*1-6-2-3-7-4-8(11)9(12)5-10(7)13-6;1-6-2-3-7-4-9(12)8(11)5-10(7)13-6;8-5-1-4(3-10)7(11)2-6(5)9;1-2-3-4(5)6/h1-10,15H,11-12H2;5-6,13H,3-4H2,1-2H3;4-6H,2-3H2,1H3;2-6H,1H3;4-6,12H,2-3H2,1H3;1-3,11H;2-3,5-6H,1H3/b;;;;;;3-2+. The zero-order valence-corrected chi connectivity index (χ0v) is 52.5. The molecule has 0 saturated carbocycles. The van der Waals surface area contributed by atoms with E-state index in [1.807, 2.05) is 52.0 Å². The van der Waals surface area contributed by atoms with E-state index in [2.05, 4.69) is 102 Å². The van der Waals surface area contributed by atoms with E-state index in [9.17, 15) is 31.9 Å². The van der Waals surface area contributed by atoms with Crippen molar-refractivity contribution in [3.8, 4) is 40.2 Å². The molecule has 11 rings (SSSR count). The maximum Gasteiger partial charge on any atom is 0.480 e. The molecule has 0 saturated heterocycles. The number of nitrogens with one attached hydrogen (secondary N) is 1. The number of phenolic OH excluding ortho intramolecular Hbond substituents is 3. The number of halogens is 8. The molecule has 11 nitrogen and oxygen atoms in total. The minimum Gasteiger partial charge on any atom is -0.507 e. The number of aryl methyl sites for hydroxylation is 2. The zero-order valence-electron chi connectivity index (χ0n) is 47.7. The van der Waals surface area contributed by atoms with Crippen molar-refractivity contribution < 1.29 is 71.1 Å². The van der Waals surface area contributed by atoms with Gasteiger partial charge in [0.05, 0.1) is 37.3 Å². The molecule has 4 atom stereocenters. The summed E-state index contributed by atoms with van der Waals surface area (Å²) in [5.41, 5.74) is 7.14. The van der Waals surface area contributed by atoms with Crippen LogP contribution in [0.1, 0.15) is 103 Å². The van der Waals surface area contributed by atoms with Gasteiger partial charge in [0.2, 0.25) is 0 Å². The fraction of sp³-hybridized carbons (Fsp3) is 0.277. The van der Waals surface area contributed by atoms with Gasteiger partial charge in [-0.15, -0.1) is 0 Å². The lowest BCUT2D eigenvalue weighted by Gasteiger charge is -2.25. The Morgan fingerprint density at radius 3 is 1.58 bits per heavy atom. The Morgan fingerprint density at radius 2 is 1.05 bits per heavy atom. The van der Waals surface area contributed by atoms with Crippen molar-refractivity contribution in [2.24, 2.45) is 0 Å². The first-order valence-corrected chi connectivity index (χ1v) is 29.6. The number of carbonyl (C=O) groups is 1. The summed E-state index contributed by atoms with van der Waals surface area (Å²) >= 11 is 9.16. The summed E-state index contributed by atoms with van der Waals surface area (Å²) in [6.45, 7) is 13.1. The van der Waals surface area contributed by atoms with Gasteiger partial charge in [-0.1, -0.05) is 78.8 Å². The van der Waals surface area contributed by atoms with Crippen LogP contribution in [0, 0.1) is 36.0 Å². The van der Waals surface area contributed by atoms with Crippen LogP contribution in [0.25, 0.3) is 6.08 Å². The Kier molecular flexibility index (Phi) is 28.0. The minimum atomic E-state index is -1.28. The molecule has 6 N–H and O–H groups in total. The van der Waals surface area contributed by atoms with Crippen molar-refractivity contribution >= 4 is 67.3 Å². The van der Waals surface area contributed by atoms with Crippen LogP contribution in [-0.2, 0) is 32.4 Å². The Bertz CT molecular complexity index is 3260. The normalized spacial score (nSPS) is 16.3. The molecule has 0 amide bonds. The lowest BCUT2D eigenvalue weighted by Crippen LogP contribution is -2.19. The van der Waals surface area contributed by atoms with Crippen molar-refractivity contribution in [3.05, 3.63) is 220 Å². The average molecular weight is 1370 g/mol. The highest BCUT2D eigenvalue weighted by Gasteiger charge is 2.23. The van der Waals surface area contributed by atoms with Gasteiger partial charge in [-0.05, 0) is 180 Å². The van der Waals surface area contributed by atoms with Crippen LogP contribution < -0.4 is 24.3 Å². The van der Waals surface area contributed by atoms with E-state index < -0.39 is 24.6 Å². The molecule has 85 heavy (non-hydrogen) atoms. The van der Waals surface area contributed by atoms with Crippen molar-refractivity contribution in [1.82, 2.24) is 5.32 Å². The lowest BCUT2D eigenvalue weighted by atomic mass is 9.92. The average Bonchev–Trinajstić information content (AvgIpc) is 3.49. The summed E-state index contributed by atoms with van der Waals surface area (Å²) in [6, 6.07) is 33.3. The zero-order chi connectivity index (χ0) is 62.3. The maximum absolute atomic E-state index is 13.2. The number of rotatable bonds is 6. The van der Waals surface area contributed by atoms with Crippen LogP contribution in [0.5, 0.6) is 40.2 Å². The molecule has 4 heterocycles. The molecule has 4 aliphatic rings. The molecule has 7 aromatic rings. The predicted molar refractivity (Wildman–Crippen MR) is 333 cm³/mol. The van der Waals surface area contributed by atoms with Gasteiger partial charge >= 0.3 is 7.12 Å². The number of hydrogen-bond acceptors (Lipinski definition) is 11. The molecule has 452 valence electrons. The summed E-state index contributed by atoms with van der Waals surface area (Å²) in [6.07, 6.45) is 11.9. The van der Waals surface area contributed by atoms with E-state index in [1.165, 1.54) is 53.5 Å². The van der Waals surface area contributed by atoms with Gasteiger partial charge in [-0.2, -0.15) is 0 Å². The highest BCUT2D eigenvalue weighted by molar-refractivity contribution is 9.11. The summed E-state index contributed by atoms with van der Waals surface area (Å²) in [5.74, 6) is 0.477. The predicted octanol–water partition coefficient (Wildman–Crippen LogP) is 16.1. The van der Waals surface area contributed by atoms with Crippen LogP contribution in [0.3, 0.4) is 0 Å². The second kappa shape index (κ2) is 34.5. The third-order valence-electron chi connectivity index (χ3n) is 13.1. The van der Waals surface area contributed by atoms with E-state index in [4.69, 9.17) is 39.2 Å². The number of fused-ring (bicyclic) bond motifs is 4. The van der Waals surface area contributed by atoms with Gasteiger partial charge in [0, 0.05) is 60.1 Å². The first-order chi connectivity index (χ1) is 40.5. The molecule has 20 heteroatoms. The monoisotopic (exact) mass is 1370 g/mol. The summed E-state index contributed by atoms with van der Waals surface area (Å²) in [7, 11) is -1.28. The molecular weight excluding hydrogens is 1300 g/mol.